The van der Waals surface area contributed by atoms with E-state index in [9.17, 15) is 26.4 Å². The van der Waals surface area contributed by atoms with E-state index in [0.717, 1.165) is 12.1 Å². The Morgan fingerprint density at radius 3 is 2.36 bits per heavy atom. The first-order chi connectivity index (χ1) is 10.2. The van der Waals surface area contributed by atoms with Gasteiger partial charge < -0.3 is 10.6 Å². The van der Waals surface area contributed by atoms with Gasteiger partial charge in [0.25, 0.3) is 0 Å². The fourth-order valence-electron chi connectivity index (χ4n) is 2.14. The molecule has 2 rings (SSSR count). The van der Waals surface area contributed by atoms with Crippen LogP contribution in [0.3, 0.4) is 0 Å². The van der Waals surface area contributed by atoms with E-state index < -0.39 is 27.5 Å². The molecule has 1 aromatic rings. The smallest absolute Gasteiger partial charge is 0.325 e. The van der Waals surface area contributed by atoms with E-state index >= 15 is 0 Å². The summed E-state index contributed by atoms with van der Waals surface area (Å²) in [6.07, 6.45) is -3.96. The highest BCUT2D eigenvalue weighted by Crippen LogP contribution is 2.29. The third-order valence-electron chi connectivity index (χ3n) is 3.28. The first-order valence-electron chi connectivity index (χ1n) is 6.57. The van der Waals surface area contributed by atoms with Crippen LogP contribution >= 0.6 is 0 Å². The molecule has 122 valence electrons. The third-order valence-corrected chi connectivity index (χ3v) is 5.05. The van der Waals surface area contributed by atoms with Crippen molar-refractivity contribution < 1.29 is 26.4 Å². The molecule has 1 aliphatic rings. The van der Waals surface area contributed by atoms with Gasteiger partial charge in [-0.3, -0.25) is 4.79 Å². The number of carbonyl (C=O) groups is 1. The average molecular weight is 336 g/mol. The molecule has 0 aliphatic carbocycles. The van der Waals surface area contributed by atoms with Gasteiger partial charge in [-0.05, 0) is 30.7 Å². The van der Waals surface area contributed by atoms with Crippen molar-refractivity contribution in [3.05, 3.63) is 29.8 Å². The minimum Gasteiger partial charge on any atom is -0.325 e. The van der Waals surface area contributed by atoms with Crippen LogP contribution in [0.2, 0.25) is 0 Å². The summed E-state index contributed by atoms with van der Waals surface area (Å²) in [5.41, 5.74) is -0.543. The summed E-state index contributed by atoms with van der Waals surface area (Å²) in [5.74, 6) is -0.338. The van der Waals surface area contributed by atoms with E-state index in [1.807, 2.05) is 0 Å². The van der Waals surface area contributed by atoms with Crippen LogP contribution < -0.4 is 10.6 Å². The fraction of sp³-hybridized carbons (Fsp3) is 0.462. The van der Waals surface area contributed by atoms with E-state index in [0.29, 0.717) is 6.42 Å². The normalized spacial score (nSPS) is 20.8. The number of rotatable bonds is 4. The lowest BCUT2D eigenvalue weighted by molar-refractivity contribution is -0.137. The van der Waals surface area contributed by atoms with Gasteiger partial charge in [0.1, 0.15) is 0 Å². The summed E-state index contributed by atoms with van der Waals surface area (Å²) in [5, 5.41) is 5.27. The number of carbonyl (C=O) groups excluding carboxylic acids is 1. The molecule has 22 heavy (non-hydrogen) atoms. The third kappa shape index (κ3) is 4.70. The molecule has 1 atom stereocenters. The first-order valence-corrected chi connectivity index (χ1v) is 8.39. The molecule has 1 amide bonds. The lowest BCUT2D eigenvalue weighted by Gasteiger charge is -2.11. The maximum absolute atomic E-state index is 12.4. The molecule has 2 N–H and O–H groups in total. The number of amides is 1. The Hall–Kier alpha value is -1.61. The van der Waals surface area contributed by atoms with Gasteiger partial charge in [-0.25, -0.2) is 8.42 Å². The number of sulfone groups is 1. The van der Waals surface area contributed by atoms with Crippen LogP contribution in [-0.2, 0) is 20.8 Å². The van der Waals surface area contributed by atoms with Crippen LogP contribution in [0.4, 0.5) is 18.9 Å². The molecule has 1 heterocycles. The summed E-state index contributed by atoms with van der Waals surface area (Å²) >= 11 is 0. The van der Waals surface area contributed by atoms with Gasteiger partial charge in [0.2, 0.25) is 5.91 Å². The SMILES string of the molecule is O=C(CNC1CCS(=O)(=O)C1)Nc1ccc(C(F)(F)F)cc1. The summed E-state index contributed by atoms with van der Waals surface area (Å²) < 4.78 is 59.7. The monoisotopic (exact) mass is 336 g/mol. The van der Waals surface area contributed by atoms with Crippen LogP contribution in [-0.4, -0.2) is 38.4 Å². The standard InChI is InChI=1S/C13H15F3N2O3S/c14-13(15,16)9-1-3-10(4-2-9)18-12(19)7-17-11-5-6-22(20,21)8-11/h1-4,11,17H,5-8H2,(H,18,19). The van der Waals surface area contributed by atoms with Crippen LogP contribution in [0, 0.1) is 0 Å². The molecule has 0 radical (unpaired) electrons. The second-order valence-corrected chi connectivity index (χ2v) is 7.33. The van der Waals surface area contributed by atoms with E-state index in [4.69, 9.17) is 0 Å². The van der Waals surface area contributed by atoms with Gasteiger partial charge in [0.15, 0.2) is 9.84 Å². The Morgan fingerprint density at radius 2 is 1.86 bits per heavy atom. The van der Waals surface area contributed by atoms with E-state index in [1.54, 1.807) is 0 Å². The highest BCUT2D eigenvalue weighted by Gasteiger charge is 2.30. The van der Waals surface area contributed by atoms with Gasteiger partial charge in [-0.1, -0.05) is 0 Å². The summed E-state index contributed by atoms with van der Waals surface area (Å²) in [4.78, 5) is 11.7. The minimum absolute atomic E-state index is 0.000555. The molecule has 1 fully saturated rings. The molecule has 1 aliphatic heterocycles. The lowest BCUT2D eigenvalue weighted by atomic mass is 10.2. The van der Waals surface area contributed by atoms with Crippen LogP contribution in [0.15, 0.2) is 24.3 Å². The highest BCUT2D eigenvalue weighted by molar-refractivity contribution is 7.91. The molecule has 0 aromatic heterocycles. The largest absolute Gasteiger partial charge is 0.416 e. The molecule has 0 bridgehead atoms. The summed E-state index contributed by atoms with van der Waals surface area (Å²) in [7, 11) is -3.02. The molecule has 5 nitrogen and oxygen atoms in total. The molecule has 1 saturated heterocycles. The molecular weight excluding hydrogens is 321 g/mol. The van der Waals surface area contributed by atoms with E-state index in [2.05, 4.69) is 10.6 Å². The second kappa shape index (κ2) is 6.25. The zero-order chi connectivity index (χ0) is 16.4. The average Bonchev–Trinajstić information content (AvgIpc) is 2.76. The number of anilines is 1. The molecule has 1 aromatic carbocycles. The quantitative estimate of drug-likeness (QED) is 0.872. The minimum atomic E-state index is -4.42. The highest BCUT2D eigenvalue weighted by atomic mass is 32.2. The van der Waals surface area contributed by atoms with Crippen molar-refractivity contribution in [2.24, 2.45) is 0 Å². The predicted molar refractivity (Wildman–Crippen MR) is 75.1 cm³/mol. The van der Waals surface area contributed by atoms with E-state index in [-0.39, 0.29) is 29.8 Å². The van der Waals surface area contributed by atoms with Crippen LogP contribution in [0.25, 0.3) is 0 Å². The van der Waals surface area contributed by atoms with Crippen molar-refractivity contribution in [3.8, 4) is 0 Å². The van der Waals surface area contributed by atoms with Gasteiger partial charge in [-0.2, -0.15) is 13.2 Å². The number of nitrogens with one attached hydrogen (secondary N) is 2. The van der Waals surface area contributed by atoms with Crippen molar-refractivity contribution in [3.63, 3.8) is 0 Å². The summed E-state index contributed by atoms with van der Waals surface area (Å²) in [6.45, 7) is -0.0960. The molecule has 0 spiro atoms. The number of halogens is 3. The molecule has 0 saturated carbocycles. The van der Waals surface area contributed by atoms with Gasteiger partial charge in [0, 0.05) is 11.7 Å². The Bertz CT molecular complexity index is 641. The summed E-state index contributed by atoms with van der Waals surface area (Å²) in [6, 6.07) is 3.84. The van der Waals surface area contributed by atoms with Crippen LogP contribution in [0.5, 0.6) is 0 Å². The fourth-order valence-corrected chi connectivity index (χ4v) is 3.85. The molecular formula is C13H15F3N2O3S. The van der Waals surface area contributed by atoms with Crippen LogP contribution in [0.1, 0.15) is 12.0 Å². The Morgan fingerprint density at radius 1 is 1.23 bits per heavy atom. The Balaban J connectivity index is 1.82. The van der Waals surface area contributed by atoms with Crippen molar-refractivity contribution in [1.29, 1.82) is 0 Å². The van der Waals surface area contributed by atoms with Gasteiger partial charge in [0.05, 0.1) is 23.6 Å². The Labute approximate surface area is 125 Å². The number of benzene rings is 1. The number of alkyl halides is 3. The number of hydrogen-bond acceptors (Lipinski definition) is 4. The van der Waals surface area contributed by atoms with Crippen molar-refractivity contribution in [2.45, 2.75) is 18.6 Å². The van der Waals surface area contributed by atoms with Crippen molar-refractivity contribution >= 4 is 21.4 Å². The maximum Gasteiger partial charge on any atom is 0.416 e. The zero-order valence-electron chi connectivity index (χ0n) is 11.5. The zero-order valence-corrected chi connectivity index (χ0v) is 12.3. The molecule has 9 heteroatoms. The van der Waals surface area contributed by atoms with Gasteiger partial charge >= 0.3 is 6.18 Å². The van der Waals surface area contributed by atoms with Crippen molar-refractivity contribution in [2.75, 3.05) is 23.4 Å². The maximum atomic E-state index is 12.4. The second-order valence-electron chi connectivity index (χ2n) is 5.10. The molecule has 1 unspecified atom stereocenters. The van der Waals surface area contributed by atoms with Gasteiger partial charge in [-0.15, -0.1) is 0 Å². The lowest BCUT2D eigenvalue weighted by Crippen LogP contribution is -2.36. The van der Waals surface area contributed by atoms with E-state index in [1.165, 1.54) is 12.1 Å². The predicted octanol–water partition coefficient (Wildman–Crippen LogP) is 1.42. The van der Waals surface area contributed by atoms with Crippen molar-refractivity contribution in [1.82, 2.24) is 5.32 Å². The topological polar surface area (TPSA) is 75.3 Å². The number of hydrogen-bond donors (Lipinski definition) is 2. The Kier molecular flexibility index (Phi) is 4.76. The first kappa shape index (κ1) is 16.8.